The molecule has 0 atom stereocenters. The molecular weight excluding hydrogens is 226 g/mol. The fourth-order valence-electron chi connectivity index (χ4n) is 1.95. The van der Waals surface area contributed by atoms with Crippen LogP contribution in [0.1, 0.15) is 18.2 Å². The maximum Gasteiger partial charge on any atom is 0.161 e. The van der Waals surface area contributed by atoms with Crippen LogP contribution in [-0.2, 0) is 6.42 Å². The molecule has 2 N–H and O–H groups in total. The number of ether oxygens (including phenoxy) is 1. The van der Waals surface area contributed by atoms with Gasteiger partial charge in [-0.15, -0.1) is 0 Å². The predicted octanol–water partition coefficient (Wildman–Crippen LogP) is 2.61. The molecule has 0 aliphatic rings. The summed E-state index contributed by atoms with van der Waals surface area (Å²) in [6.07, 6.45) is 0.843. The summed E-state index contributed by atoms with van der Waals surface area (Å²) < 4.78 is 5.19. The van der Waals surface area contributed by atoms with Gasteiger partial charge in [0.1, 0.15) is 11.6 Å². The third-order valence-electron chi connectivity index (χ3n) is 2.93. The zero-order chi connectivity index (χ0) is 13.1. The van der Waals surface area contributed by atoms with E-state index in [2.05, 4.69) is 9.97 Å². The van der Waals surface area contributed by atoms with E-state index in [1.54, 1.807) is 7.11 Å². The molecule has 2 aromatic rings. The highest BCUT2D eigenvalue weighted by atomic mass is 16.5. The SMILES string of the molecule is CCc1c(C)nc(-c2cccc(OC)c2)nc1N. The van der Waals surface area contributed by atoms with Crippen molar-refractivity contribution < 1.29 is 4.74 Å². The van der Waals surface area contributed by atoms with Crippen LogP contribution in [0.4, 0.5) is 5.82 Å². The van der Waals surface area contributed by atoms with E-state index in [-0.39, 0.29) is 0 Å². The first kappa shape index (κ1) is 12.4. The third kappa shape index (κ3) is 2.27. The van der Waals surface area contributed by atoms with E-state index in [1.807, 2.05) is 38.1 Å². The number of nitrogens with two attached hydrogens (primary N) is 1. The highest BCUT2D eigenvalue weighted by Crippen LogP contribution is 2.23. The highest BCUT2D eigenvalue weighted by molar-refractivity contribution is 5.60. The largest absolute Gasteiger partial charge is 0.497 e. The summed E-state index contributed by atoms with van der Waals surface area (Å²) in [6.45, 7) is 4.01. The summed E-state index contributed by atoms with van der Waals surface area (Å²) in [5, 5.41) is 0. The van der Waals surface area contributed by atoms with E-state index < -0.39 is 0 Å². The number of aromatic nitrogens is 2. The van der Waals surface area contributed by atoms with Gasteiger partial charge < -0.3 is 10.5 Å². The normalized spacial score (nSPS) is 10.4. The molecule has 0 amide bonds. The van der Waals surface area contributed by atoms with Crippen molar-refractivity contribution in [2.24, 2.45) is 0 Å². The van der Waals surface area contributed by atoms with E-state index in [0.717, 1.165) is 29.0 Å². The molecule has 0 unspecified atom stereocenters. The van der Waals surface area contributed by atoms with Crippen LogP contribution >= 0.6 is 0 Å². The number of methoxy groups -OCH3 is 1. The van der Waals surface area contributed by atoms with Crippen LogP contribution in [0, 0.1) is 6.92 Å². The van der Waals surface area contributed by atoms with Crippen molar-refractivity contribution in [3.63, 3.8) is 0 Å². The fraction of sp³-hybridized carbons (Fsp3) is 0.286. The quantitative estimate of drug-likeness (QED) is 0.900. The Morgan fingerprint density at radius 3 is 2.67 bits per heavy atom. The Morgan fingerprint density at radius 1 is 1.28 bits per heavy atom. The van der Waals surface area contributed by atoms with Crippen LogP contribution in [0.25, 0.3) is 11.4 Å². The predicted molar refractivity (Wildman–Crippen MR) is 72.5 cm³/mol. The third-order valence-corrected chi connectivity index (χ3v) is 2.93. The zero-order valence-corrected chi connectivity index (χ0v) is 10.9. The summed E-state index contributed by atoms with van der Waals surface area (Å²) >= 11 is 0. The molecule has 1 aromatic heterocycles. The van der Waals surface area contributed by atoms with Crippen molar-refractivity contribution in [1.29, 1.82) is 0 Å². The Labute approximate surface area is 107 Å². The van der Waals surface area contributed by atoms with Crippen molar-refractivity contribution >= 4 is 5.82 Å². The number of anilines is 1. The van der Waals surface area contributed by atoms with E-state index in [9.17, 15) is 0 Å². The molecule has 0 spiro atoms. The standard InChI is InChI=1S/C14H17N3O/c1-4-12-9(2)16-14(17-13(12)15)10-6-5-7-11(8-10)18-3/h5-8H,4H2,1-3H3,(H2,15,16,17). The molecule has 4 nitrogen and oxygen atoms in total. The molecule has 0 bridgehead atoms. The second-order valence-electron chi connectivity index (χ2n) is 4.08. The lowest BCUT2D eigenvalue weighted by Crippen LogP contribution is -2.04. The van der Waals surface area contributed by atoms with Gasteiger partial charge in [0.05, 0.1) is 7.11 Å². The number of nitrogens with zero attached hydrogens (tertiary/aromatic N) is 2. The second-order valence-corrected chi connectivity index (χ2v) is 4.08. The van der Waals surface area contributed by atoms with Gasteiger partial charge in [-0.1, -0.05) is 19.1 Å². The first-order chi connectivity index (χ1) is 8.65. The van der Waals surface area contributed by atoms with Crippen LogP contribution < -0.4 is 10.5 Å². The minimum atomic E-state index is 0.558. The van der Waals surface area contributed by atoms with Gasteiger partial charge in [0.2, 0.25) is 0 Å². The lowest BCUT2D eigenvalue weighted by molar-refractivity contribution is 0.415. The Kier molecular flexibility index (Phi) is 3.46. The van der Waals surface area contributed by atoms with Gasteiger partial charge in [0.25, 0.3) is 0 Å². The zero-order valence-electron chi connectivity index (χ0n) is 10.9. The highest BCUT2D eigenvalue weighted by Gasteiger charge is 2.09. The molecule has 1 aromatic carbocycles. The summed E-state index contributed by atoms with van der Waals surface area (Å²) in [7, 11) is 1.64. The fourth-order valence-corrected chi connectivity index (χ4v) is 1.95. The molecule has 0 saturated carbocycles. The van der Waals surface area contributed by atoms with Gasteiger partial charge in [-0.25, -0.2) is 9.97 Å². The van der Waals surface area contributed by atoms with Crippen LogP contribution in [0.3, 0.4) is 0 Å². The maximum absolute atomic E-state index is 5.96. The minimum absolute atomic E-state index is 0.558. The van der Waals surface area contributed by atoms with Gasteiger partial charge in [-0.2, -0.15) is 0 Å². The monoisotopic (exact) mass is 243 g/mol. The molecule has 0 aliphatic carbocycles. The number of aryl methyl sites for hydroxylation is 1. The number of rotatable bonds is 3. The number of hydrogen-bond acceptors (Lipinski definition) is 4. The smallest absolute Gasteiger partial charge is 0.161 e. The van der Waals surface area contributed by atoms with Crippen molar-refractivity contribution in [1.82, 2.24) is 9.97 Å². The number of nitrogen functional groups attached to an aromatic ring is 1. The van der Waals surface area contributed by atoms with Crippen molar-refractivity contribution in [3.8, 4) is 17.1 Å². The Morgan fingerprint density at radius 2 is 2.06 bits per heavy atom. The Balaban J connectivity index is 2.51. The van der Waals surface area contributed by atoms with Crippen LogP contribution in [0.15, 0.2) is 24.3 Å². The molecule has 0 aliphatic heterocycles. The number of hydrogen-bond donors (Lipinski definition) is 1. The summed E-state index contributed by atoms with van der Waals surface area (Å²) in [4.78, 5) is 8.87. The van der Waals surface area contributed by atoms with Gasteiger partial charge >= 0.3 is 0 Å². The first-order valence-electron chi connectivity index (χ1n) is 5.93. The summed E-state index contributed by atoms with van der Waals surface area (Å²) in [5.41, 5.74) is 8.82. The number of benzene rings is 1. The van der Waals surface area contributed by atoms with Crippen LogP contribution in [0.5, 0.6) is 5.75 Å². The topological polar surface area (TPSA) is 61.0 Å². The summed E-state index contributed by atoms with van der Waals surface area (Å²) in [6, 6.07) is 7.65. The minimum Gasteiger partial charge on any atom is -0.497 e. The summed E-state index contributed by atoms with van der Waals surface area (Å²) in [5.74, 6) is 1.98. The van der Waals surface area contributed by atoms with E-state index in [0.29, 0.717) is 11.6 Å². The van der Waals surface area contributed by atoms with Crippen molar-refractivity contribution in [3.05, 3.63) is 35.5 Å². The van der Waals surface area contributed by atoms with Crippen molar-refractivity contribution in [2.75, 3.05) is 12.8 Å². The molecule has 0 saturated heterocycles. The average molecular weight is 243 g/mol. The van der Waals surface area contributed by atoms with Gasteiger partial charge in [0.15, 0.2) is 5.82 Å². The molecule has 1 heterocycles. The van der Waals surface area contributed by atoms with Gasteiger partial charge in [-0.05, 0) is 25.5 Å². The molecule has 0 fully saturated rings. The first-order valence-corrected chi connectivity index (χ1v) is 5.93. The van der Waals surface area contributed by atoms with E-state index in [1.165, 1.54) is 0 Å². The molecule has 4 heteroatoms. The van der Waals surface area contributed by atoms with Gasteiger partial charge in [0, 0.05) is 16.8 Å². The molecule has 18 heavy (non-hydrogen) atoms. The average Bonchev–Trinajstić information content (AvgIpc) is 2.38. The maximum atomic E-state index is 5.96. The van der Waals surface area contributed by atoms with Crippen LogP contribution in [-0.4, -0.2) is 17.1 Å². The Hall–Kier alpha value is -2.10. The van der Waals surface area contributed by atoms with E-state index >= 15 is 0 Å². The lowest BCUT2D eigenvalue weighted by atomic mass is 10.1. The molecule has 0 radical (unpaired) electrons. The van der Waals surface area contributed by atoms with Gasteiger partial charge in [-0.3, -0.25) is 0 Å². The second kappa shape index (κ2) is 5.04. The Bertz CT molecular complexity index is 544. The molecule has 2 rings (SSSR count). The molecular formula is C14H17N3O. The van der Waals surface area contributed by atoms with Crippen molar-refractivity contribution in [2.45, 2.75) is 20.3 Å². The lowest BCUT2D eigenvalue weighted by Gasteiger charge is -2.09. The molecule has 94 valence electrons. The van der Waals surface area contributed by atoms with E-state index in [4.69, 9.17) is 10.5 Å². The van der Waals surface area contributed by atoms with Crippen LogP contribution in [0.2, 0.25) is 0 Å².